The molecule has 0 unspecified atom stereocenters. The lowest BCUT2D eigenvalue weighted by Gasteiger charge is -2.38. The molecule has 0 aromatic heterocycles. The highest BCUT2D eigenvalue weighted by atomic mass is 32.2. The third kappa shape index (κ3) is 8.29. The van der Waals surface area contributed by atoms with Gasteiger partial charge in [0, 0.05) is 30.7 Å². The predicted octanol–water partition coefficient (Wildman–Crippen LogP) is 2.09. The lowest BCUT2D eigenvalue weighted by atomic mass is 9.99. The maximum Gasteiger partial charge on any atom is 0.266 e. The van der Waals surface area contributed by atoms with Gasteiger partial charge in [-0.15, -0.1) is 0 Å². The second kappa shape index (κ2) is 9.70. The van der Waals surface area contributed by atoms with Gasteiger partial charge in [0.05, 0.1) is 5.75 Å². The first kappa shape index (κ1) is 21.3. The number of hydrogen-bond donors (Lipinski definition) is 2. The van der Waals surface area contributed by atoms with Crippen LogP contribution in [0.1, 0.15) is 27.2 Å². The van der Waals surface area contributed by atoms with Crippen molar-refractivity contribution < 1.29 is 17.8 Å². The van der Waals surface area contributed by atoms with Gasteiger partial charge in [-0.25, -0.2) is 0 Å². The summed E-state index contributed by atoms with van der Waals surface area (Å²) in [5.74, 6) is -0.504. The van der Waals surface area contributed by atoms with Gasteiger partial charge in [0.15, 0.2) is 0 Å². The largest absolute Gasteiger partial charge is 0.351 e. The maximum atomic E-state index is 12.2. The Labute approximate surface area is 150 Å². The highest BCUT2D eigenvalue weighted by molar-refractivity contribution is 7.85. The third-order valence-electron chi connectivity index (χ3n) is 4.27. The Morgan fingerprint density at radius 1 is 1.16 bits per heavy atom. The zero-order valence-corrected chi connectivity index (χ0v) is 15.9. The number of rotatable bonds is 9. The summed E-state index contributed by atoms with van der Waals surface area (Å²) in [5.41, 5.74) is 0.322. The van der Waals surface area contributed by atoms with E-state index in [1.54, 1.807) is 24.3 Å². The second-order valence-corrected chi connectivity index (χ2v) is 8.02. The molecule has 1 aliphatic carbocycles. The van der Waals surface area contributed by atoms with E-state index in [2.05, 4.69) is 5.32 Å². The summed E-state index contributed by atoms with van der Waals surface area (Å²) in [6.07, 6.45) is 13.5. The molecule has 0 radical (unpaired) electrons. The molecule has 25 heavy (non-hydrogen) atoms. The molecule has 0 fully saturated rings. The van der Waals surface area contributed by atoms with Crippen molar-refractivity contribution >= 4 is 16.0 Å². The molecular formula is C18H28N2O4S. The first-order chi connectivity index (χ1) is 11.7. The van der Waals surface area contributed by atoms with Gasteiger partial charge < -0.3 is 5.32 Å². The van der Waals surface area contributed by atoms with Gasteiger partial charge >= 0.3 is 0 Å². The molecule has 6 nitrogen and oxygen atoms in total. The molecule has 0 aliphatic heterocycles. The summed E-state index contributed by atoms with van der Waals surface area (Å²) in [6.45, 7) is 7.13. The van der Waals surface area contributed by atoms with Crippen molar-refractivity contribution in [3.63, 3.8) is 0 Å². The quantitative estimate of drug-likeness (QED) is 0.609. The van der Waals surface area contributed by atoms with Crippen molar-refractivity contribution in [3.8, 4) is 0 Å². The van der Waals surface area contributed by atoms with Gasteiger partial charge in [0.25, 0.3) is 16.0 Å². The fourth-order valence-corrected chi connectivity index (χ4v) is 2.74. The molecule has 7 heteroatoms. The molecule has 1 rings (SSSR count). The molecule has 0 spiro atoms. The van der Waals surface area contributed by atoms with E-state index in [1.807, 2.05) is 43.9 Å². The fraction of sp³-hybridized carbons (Fsp3) is 0.500. The van der Waals surface area contributed by atoms with Crippen molar-refractivity contribution in [2.45, 2.75) is 32.7 Å². The van der Waals surface area contributed by atoms with E-state index in [-0.39, 0.29) is 23.7 Å². The molecule has 140 valence electrons. The number of amides is 1. The van der Waals surface area contributed by atoms with Crippen LogP contribution in [-0.4, -0.2) is 54.7 Å². The lowest BCUT2D eigenvalue weighted by molar-refractivity contribution is -0.117. The third-order valence-corrected chi connectivity index (χ3v) is 4.96. The molecule has 1 amide bonds. The molecule has 0 aromatic carbocycles. The van der Waals surface area contributed by atoms with E-state index in [0.717, 1.165) is 6.42 Å². The zero-order valence-electron chi connectivity index (χ0n) is 15.1. The lowest BCUT2D eigenvalue weighted by Crippen LogP contribution is -2.49. The first-order valence-electron chi connectivity index (χ1n) is 8.36. The van der Waals surface area contributed by atoms with Crippen LogP contribution in [-0.2, 0) is 14.9 Å². The van der Waals surface area contributed by atoms with E-state index >= 15 is 0 Å². The van der Waals surface area contributed by atoms with Gasteiger partial charge in [0.1, 0.15) is 0 Å². The van der Waals surface area contributed by atoms with Crippen LogP contribution in [0.5, 0.6) is 0 Å². The normalized spacial score (nSPS) is 17.6. The summed E-state index contributed by atoms with van der Waals surface area (Å²) >= 11 is 0. The smallest absolute Gasteiger partial charge is 0.266 e. The van der Waals surface area contributed by atoms with E-state index in [9.17, 15) is 13.2 Å². The van der Waals surface area contributed by atoms with Crippen molar-refractivity contribution in [2.75, 3.05) is 25.4 Å². The van der Waals surface area contributed by atoms with Crippen LogP contribution in [0.25, 0.3) is 0 Å². The maximum absolute atomic E-state index is 12.2. The van der Waals surface area contributed by atoms with Crippen LogP contribution in [0.2, 0.25) is 0 Å². The number of carbonyl (C=O) groups is 1. The van der Waals surface area contributed by atoms with Crippen LogP contribution in [0.15, 0.2) is 48.1 Å². The standard InChI is InChI=1S/C18H28N2O4S/c1-4-18(2,3)20(14-15-25(22,23)24)13-12-19-17(21)16-10-8-6-5-7-9-11-16/h5-11H,4,12-15H2,1-3H3,(H,19,21)(H,22,23,24)/b6-5-,7-5?,8-6?,9-7-,10-8?,11-9?,16-10?,16-11?. The van der Waals surface area contributed by atoms with Gasteiger partial charge in [-0.1, -0.05) is 37.3 Å². The minimum absolute atomic E-state index is 0.180. The van der Waals surface area contributed by atoms with Crippen molar-refractivity contribution in [1.82, 2.24) is 10.2 Å². The highest BCUT2D eigenvalue weighted by Crippen LogP contribution is 2.17. The fourth-order valence-electron chi connectivity index (χ4n) is 2.29. The summed E-state index contributed by atoms with van der Waals surface area (Å²) in [4.78, 5) is 14.2. The van der Waals surface area contributed by atoms with E-state index in [1.165, 1.54) is 0 Å². The Kier molecular flexibility index (Phi) is 8.28. The topological polar surface area (TPSA) is 86.7 Å². The van der Waals surface area contributed by atoms with Crippen LogP contribution in [0.4, 0.5) is 0 Å². The minimum Gasteiger partial charge on any atom is -0.351 e. The average Bonchev–Trinajstić information content (AvgIpc) is 2.48. The molecule has 0 atom stereocenters. The van der Waals surface area contributed by atoms with Gasteiger partial charge in [-0.05, 0) is 32.4 Å². The highest BCUT2D eigenvalue weighted by Gasteiger charge is 2.25. The number of hydrogen-bond acceptors (Lipinski definition) is 4. The second-order valence-electron chi connectivity index (χ2n) is 6.45. The van der Waals surface area contributed by atoms with Crippen LogP contribution in [0.3, 0.4) is 0 Å². The van der Waals surface area contributed by atoms with Crippen LogP contribution < -0.4 is 5.32 Å². The van der Waals surface area contributed by atoms with Crippen molar-refractivity contribution in [1.29, 1.82) is 0 Å². The molecule has 1 aliphatic rings. The van der Waals surface area contributed by atoms with Crippen LogP contribution in [0, 0.1) is 0 Å². The number of nitrogens with zero attached hydrogens (tertiary/aromatic N) is 1. The van der Waals surface area contributed by atoms with Gasteiger partial charge in [-0.2, -0.15) is 8.42 Å². The van der Waals surface area contributed by atoms with Crippen molar-refractivity contribution in [2.24, 2.45) is 0 Å². The molecule has 0 saturated heterocycles. The Morgan fingerprint density at radius 2 is 1.80 bits per heavy atom. The Bertz CT molecular complexity index is 673. The molecule has 0 saturated carbocycles. The first-order valence-corrected chi connectivity index (χ1v) is 9.97. The zero-order chi connectivity index (χ0) is 18.9. The van der Waals surface area contributed by atoms with E-state index < -0.39 is 10.1 Å². The molecule has 0 aromatic rings. The monoisotopic (exact) mass is 368 g/mol. The van der Waals surface area contributed by atoms with Crippen molar-refractivity contribution in [3.05, 3.63) is 48.1 Å². The summed E-state index contributed by atoms with van der Waals surface area (Å²) in [5, 5.41) is 2.85. The van der Waals surface area contributed by atoms with Gasteiger partial charge in [0.2, 0.25) is 0 Å². The minimum atomic E-state index is -4.01. The van der Waals surface area contributed by atoms with E-state index in [0.29, 0.717) is 18.7 Å². The number of nitrogens with one attached hydrogen (secondary N) is 1. The molecule has 0 heterocycles. The summed E-state index contributed by atoms with van der Waals surface area (Å²) < 4.78 is 31.1. The predicted molar refractivity (Wildman–Crippen MR) is 101 cm³/mol. The molecular weight excluding hydrogens is 340 g/mol. The average molecular weight is 368 g/mol. The van der Waals surface area contributed by atoms with Gasteiger partial charge in [-0.3, -0.25) is 14.2 Å². The Morgan fingerprint density at radius 3 is 2.44 bits per heavy atom. The SMILES string of the molecule is CCC(C)(C)N(CCNC(=O)C1=C/C=C\C=C/C=C1)CCS(=O)(=O)O. The summed E-state index contributed by atoms with van der Waals surface area (Å²) in [7, 11) is -4.01. The molecule has 2 N–H and O–H groups in total. The Balaban J connectivity index is 2.62. The Hall–Kier alpha value is -1.70. The summed E-state index contributed by atoms with van der Waals surface area (Å²) in [6, 6.07) is 0. The van der Waals surface area contributed by atoms with Crippen LogP contribution >= 0.6 is 0 Å². The number of allylic oxidation sites excluding steroid dienone is 6. The van der Waals surface area contributed by atoms with E-state index in [4.69, 9.17) is 4.55 Å². The molecule has 0 bridgehead atoms. The number of carbonyl (C=O) groups excluding carboxylic acids is 1.